The van der Waals surface area contributed by atoms with Crippen molar-refractivity contribution >= 4 is 38.9 Å². The highest BCUT2D eigenvalue weighted by molar-refractivity contribution is 7.92. The third-order valence-corrected chi connectivity index (χ3v) is 6.55. The van der Waals surface area contributed by atoms with Gasteiger partial charge in [0.25, 0.3) is 15.9 Å². The van der Waals surface area contributed by atoms with Crippen LogP contribution in [0.15, 0.2) is 71.9 Å². The molecule has 8 nitrogen and oxygen atoms in total. The van der Waals surface area contributed by atoms with Crippen molar-refractivity contribution in [1.82, 2.24) is 4.98 Å². The van der Waals surface area contributed by atoms with Crippen LogP contribution in [0.4, 0.5) is 17.1 Å². The van der Waals surface area contributed by atoms with Gasteiger partial charge in [0.2, 0.25) is 5.91 Å². The third-order valence-electron chi connectivity index (χ3n) is 5.18. The molecule has 164 valence electrons. The first kappa shape index (κ1) is 21.5. The first-order valence-electron chi connectivity index (χ1n) is 10.1. The minimum atomic E-state index is -3.88. The van der Waals surface area contributed by atoms with Gasteiger partial charge >= 0.3 is 0 Å². The number of pyridine rings is 1. The molecule has 1 aliphatic rings. The summed E-state index contributed by atoms with van der Waals surface area (Å²) in [5.41, 5.74) is 2.74. The van der Waals surface area contributed by atoms with Gasteiger partial charge in [0.05, 0.1) is 4.90 Å². The van der Waals surface area contributed by atoms with E-state index in [0.717, 1.165) is 17.7 Å². The summed E-state index contributed by atoms with van der Waals surface area (Å²) in [5, 5.41) is 2.74. The van der Waals surface area contributed by atoms with E-state index in [1.807, 2.05) is 0 Å². The number of carbonyl (C=O) groups excluding carboxylic acids is 2. The maximum atomic E-state index is 13.0. The van der Waals surface area contributed by atoms with E-state index in [0.29, 0.717) is 24.2 Å². The molecule has 1 aliphatic heterocycles. The van der Waals surface area contributed by atoms with Gasteiger partial charge in [-0.2, -0.15) is 0 Å². The van der Waals surface area contributed by atoms with Crippen LogP contribution in [-0.4, -0.2) is 31.8 Å². The van der Waals surface area contributed by atoms with Crippen molar-refractivity contribution < 1.29 is 18.0 Å². The molecule has 0 radical (unpaired) electrons. The minimum Gasteiger partial charge on any atom is -0.322 e. The highest BCUT2D eigenvalue weighted by Crippen LogP contribution is 2.30. The van der Waals surface area contributed by atoms with Crippen LogP contribution >= 0.6 is 0 Å². The molecule has 0 bridgehead atoms. The lowest BCUT2D eigenvalue weighted by Gasteiger charge is -2.28. The summed E-state index contributed by atoms with van der Waals surface area (Å²) >= 11 is 0. The second kappa shape index (κ2) is 8.80. The van der Waals surface area contributed by atoms with Gasteiger partial charge in [-0.05, 0) is 66.9 Å². The summed E-state index contributed by atoms with van der Waals surface area (Å²) < 4.78 is 28.5. The van der Waals surface area contributed by atoms with Gasteiger partial charge in [0.15, 0.2) is 0 Å². The third kappa shape index (κ3) is 4.62. The number of rotatable bonds is 5. The average Bonchev–Trinajstić information content (AvgIpc) is 2.78. The van der Waals surface area contributed by atoms with E-state index in [-0.39, 0.29) is 22.4 Å². The van der Waals surface area contributed by atoms with Crippen molar-refractivity contribution in [1.29, 1.82) is 0 Å². The second-order valence-electron chi connectivity index (χ2n) is 7.44. The smallest absolute Gasteiger partial charge is 0.261 e. The van der Waals surface area contributed by atoms with Crippen molar-refractivity contribution in [3.63, 3.8) is 0 Å². The molecule has 0 atom stereocenters. The van der Waals surface area contributed by atoms with Crippen LogP contribution in [0.3, 0.4) is 0 Å². The van der Waals surface area contributed by atoms with Crippen LogP contribution in [0.5, 0.6) is 0 Å². The summed E-state index contributed by atoms with van der Waals surface area (Å²) in [6, 6.07) is 14.3. The Hall–Kier alpha value is -3.72. The lowest BCUT2D eigenvalue weighted by molar-refractivity contribution is -0.116. The SMILES string of the molecule is CC(=O)N1CCCc2cc(S(=O)(=O)Nc3cccc(C(=O)Nc4ccncc4)c3)ccc21. The van der Waals surface area contributed by atoms with Crippen LogP contribution in [0.25, 0.3) is 0 Å². The summed E-state index contributed by atoms with van der Waals surface area (Å²) in [7, 11) is -3.88. The van der Waals surface area contributed by atoms with E-state index in [9.17, 15) is 18.0 Å². The number of aromatic nitrogens is 1. The second-order valence-corrected chi connectivity index (χ2v) is 9.12. The first-order valence-corrected chi connectivity index (χ1v) is 11.6. The number of hydrogen-bond acceptors (Lipinski definition) is 5. The monoisotopic (exact) mass is 450 g/mol. The van der Waals surface area contributed by atoms with Gasteiger partial charge in [-0.1, -0.05) is 6.07 Å². The molecule has 2 aromatic carbocycles. The Morgan fingerprint density at radius 2 is 1.78 bits per heavy atom. The summed E-state index contributed by atoms with van der Waals surface area (Å²) in [6.45, 7) is 2.13. The molecular formula is C23H22N4O4S. The molecule has 0 unspecified atom stereocenters. The predicted molar refractivity (Wildman–Crippen MR) is 122 cm³/mol. The molecule has 3 aromatic rings. The molecule has 9 heteroatoms. The zero-order chi connectivity index (χ0) is 22.7. The van der Waals surface area contributed by atoms with E-state index < -0.39 is 10.0 Å². The Bertz CT molecular complexity index is 1280. The van der Waals surface area contributed by atoms with E-state index in [4.69, 9.17) is 0 Å². The Labute approximate surface area is 186 Å². The van der Waals surface area contributed by atoms with Crippen LogP contribution in [-0.2, 0) is 21.2 Å². The maximum absolute atomic E-state index is 13.0. The number of aryl methyl sites for hydroxylation is 1. The largest absolute Gasteiger partial charge is 0.322 e. The fourth-order valence-corrected chi connectivity index (χ4v) is 4.74. The molecule has 2 amide bonds. The summed E-state index contributed by atoms with van der Waals surface area (Å²) in [5.74, 6) is -0.433. The highest BCUT2D eigenvalue weighted by Gasteiger charge is 2.23. The molecule has 2 heterocycles. The Kier molecular flexibility index (Phi) is 5.91. The zero-order valence-electron chi connectivity index (χ0n) is 17.4. The Balaban J connectivity index is 1.54. The molecule has 0 aliphatic carbocycles. The minimum absolute atomic E-state index is 0.0680. The number of fused-ring (bicyclic) bond motifs is 1. The van der Waals surface area contributed by atoms with Gasteiger partial charge < -0.3 is 10.2 Å². The molecule has 1 aromatic heterocycles. The van der Waals surface area contributed by atoms with Gasteiger partial charge in [-0.3, -0.25) is 19.3 Å². The maximum Gasteiger partial charge on any atom is 0.261 e. The number of anilines is 3. The van der Waals surface area contributed by atoms with Crippen molar-refractivity contribution in [2.45, 2.75) is 24.7 Å². The number of sulfonamides is 1. The highest BCUT2D eigenvalue weighted by atomic mass is 32.2. The zero-order valence-corrected chi connectivity index (χ0v) is 18.2. The quantitative estimate of drug-likeness (QED) is 0.619. The van der Waals surface area contributed by atoms with E-state index in [2.05, 4.69) is 15.0 Å². The normalized spacial score (nSPS) is 13.2. The summed E-state index contributed by atoms with van der Waals surface area (Å²) in [6.07, 6.45) is 4.61. The number of amides is 2. The van der Waals surface area contributed by atoms with Crippen LogP contribution < -0.4 is 14.9 Å². The predicted octanol–water partition coefficient (Wildman–Crippen LogP) is 3.43. The lowest BCUT2D eigenvalue weighted by atomic mass is 10.0. The van der Waals surface area contributed by atoms with Gasteiger partial charge in [-0.25, -0.2) is 8.42 Å². The molecule has 2 N–H and O–H groups in total. The Morgan fingerprint density at radius 1 is 1.00 bits per heavy atom. The van der Waals surface area contributed by atoms with Crippen molar-refractivity contribution in [3.05, 3.63) is 78.1 Å². The number of carbonyl (C=O) groups is 2. The molecular weight excluding hydrogens is 428 g/mol. The number of hydrogen-bond donors (Lipinski definition) is 2. The van der Waals surface area contributed by atoms with Gasteiger partial charge in [-0.15, -0.1) is 0 Å². The topological polar surface area (TPSA) is 108 Å². The van der Waals surface area contributed by atoms with E-state index in [1.54, 1.807) is 59.8 Å². The Morgan fingerprint density at radius 3 is 2.53 bits per heavy atom. The van der Waals surface area contributed by atoms with E-state index >= 15 is 0 Å². The van der Waals surface area contributed by atoms with Crippen LogP contribution in [0.2, 0.25) is 0 Å². The molecule has 0 saturated carbocycles. The molecule has 32 heavy (non-hydrogen) atoms. The van der Waals surface area contributed by atoms with Gasteiger partial charge in [0, 0.05) is 48.5 Å². The number of nitrogens with zero attached hydrogens (tertiary/aromatic N) is 2. The fourth-order valence-electron chi connectivity index (χ4n) is 3.64. The number of benzene rings is 2. The number of nitrogens with one attached hydrogen (secondary N) is 2. The van der Waals surface area contributed by atoms with Crippen molar-refractivity contribution in [3.8, 4) is 0 Å². The van der Waals surface area contributed by atoms with Gasteiger partial charge in [0.1, 0.15) is 0 Å². The van der Waals surface area contributed by atoms with Crippen LogP contribution in [0, 0.1) is 0 Å². The average molecular weight is 451 g/mol. The van der Waals surface area contributed by atoms with Crippen molar-refractivity contribution in [2.75, 3.05) is 21.5 Å². The molecule has 0 fully saturated rings. The molecule has 0 saturated heterocycles. The van der Waals surface area contributed by atoms with Crippen LogP contribution in [0.1, 0.15) is 29.3 Å². The molecule has 0 spiro atoms. The fraction of sp³-hybridized carbons (Fsp3) is 0.174. The van der Waals surface area contributed by atoms with E-state index in [1.165, 1.54) is 19.1 Å². The molecule has 4 rings (SSSR count). The standard InChI is InChI=1S/C23H22N4O4S/c1-16(28)27-13-3-5-17-15-21(7-8-22(17)27)32(30,31)26-20-6-2-4-18(14-20)23(29)25-19-9-11-24-12-10-19/h2,4,6-12,14-15,26H,3,5,13H2,1H3,(H,24,25,29). The van der Waals surface area contributed by atoms with Crippen molar-refractivity contribution in [2.24, 2.45) is 0 Å². The first-order chi connectivity index (χ1) is 15.3. The lowest BCUT2D eigenvalue weighted by Crippen LogP contribution is -2.33. The summed E-state index contributed by atoms with van der Waals surface area (Å²) in [4.78, 5) is 30.0.